The molecule has 0 amide bonds. The van der Waals surface area contributed by atoms with Crippen LogP contribution in [0.25, 0.3) is 0 Å². The van der Waals surface area contributed by atoms with Gasteiger partial charge in [0.1, 0.15) is 5.82 Å². The molecule has 3 nitrogen and oxygen atoms in total. The number of rotatable bonds is 2. The second-order valence-corrected chi connectivity index (χ2v) is 5.57. The predicted octanol–water partition coefficient (Wildman–Crippen LogP) is 1.88. The van der Waals surface area contributed by atoms with Gasteiger partial charge in [0.2, 0.25) is 0 Å². The summed E-state index contributed by atoms with van der Waals surface area (Å²) in [5.41, 5.74) is 1.39. The van der Waals surface area contributed by atoms with Crippen LogP contribution >= 0.6 is 0 Å². The summed E-state index contributed by atoms with van der Waals surface area (Å²) < 4.78 is 13.1. The van der Waals surface area contributed by atoms with E-state index < -0.39 is 0 Å². The topological polar surface area (TPSA) is 39.1 Å². The van der Waals surface area contributed by atoms with Crippen molar-refractivity contribution >= 4 is 0 Å². The van der Waals surface area contributed by atoms with Crippen molar-refractivity contribution in [3.05, 3.63) is 35.1 Å². The summed E-state index contributed by atoms with van der Waals surface area (Å²) in [4.78, 5) is 2.38. The molecular formula is C15H18FN3. The highest BCUT2D eigenvalue weighted by molar-refractivity contribution is 5.37. The average molecular weight is 259 g/mol. The van der Waals surface area contributed by atoms with E-state index in [1.807, 2.05) is 0 Å². The zero-order valence-electron chi connectivity index (χ0n) is 10.9. The molecule has 3 rings (SSSR count). The van der Waals surface area contributed by atoms with Crippen LogP contribution < -0.4 is 5.32 Å². The second kappa shape index (κ2) is 5.28. The first kappa shape index (κ1) is 12.6. The highest BCUT2D eigenvalue weighted by Gasteiger charge is 2.34. The lowest BCUT2D eigenvalue weighted by Crippen LogP contribution is -2.40. The third-order valence-electron chi connectivity index (χ3n) is 4.26. The van der Waals surface area contributed by atoms with Crippen molar-refractivity contribution in [2.45, 2.75) is 25.4 Å². The molecular weight excluding hydrogens is 241 g/mol. The molecule has 2 aliphatic rings. The Morgan fingerprint density at radius 3 is 3.11 bits per heavy atom. The van der Waals surface area contributed by atoms with Gasteiger partial charge in [-0.25, -0.2) is 4.39 Å². The fourth-order valence-corrected chi connectivity index (χ4v) is 3.30. The molecule has 2 aliphatic heterocycles. The van der Waals surface area contributed by atoms with Crippen LogP contribution in [0.5, 0.6) is 0 Å². The Bertz CT molecular complexity index is 495. The Kier molecular flexibility index (Phi) is 3.50. The van der Waals surface area contributed by atoms with Crippen molar-refractivity contribution < 1.29 is 4.39 Å². The minimum Gasteiger partial charge on any atom is -0.312 e. The van der Waals surface area contributed by atoms with Gasteiger partial charge in [0, 0.05) is 25.7 Å². The molecule has 0 saturated carbocycles. The summed E-state index contributed by atoms with van der Waals surface area (Å²) in [6, 6.07) is 7.20. The molecule has 0 aromatic heterocycles. The van der Waals surface area contributed by atoms with E-state index in [4.69, 9.17) is 5.26 Å². The molecule has 0 bridgehead atoms. The Morgan fingerprint density at radius 1 is 1.42 bits per heavy atom. The number of piperidine rings is 1. The van der Waals surface area contributed by atoms with E-state index in [1.54, 1.807) is 6.07 Å². The van der Waals surface area contributed by atoms with Gasteiger partial charge in [0.05, 0.1) is 11.6 Å². The summed E-state index contributed by atoms with van der Waals surface area (Å²) in [5, 5.41) is 12.6. The lowest BCUT2D eigenvalue weighted by atomic mass is 9.94. The van der Waals surface area contributed by atoms with Crippen LogP contribution in [-0.2, 0) is 6.54 Å². The molecule has 1 aromatic carbocycles. The molecule has 0 radical (unpaired) electrons. The van der Waals surface area contributed by atoms with Gasteiger partial charge in [0.25, 0.3) is 0 Å². The number of hydrogen-bond acceptors (Lipinski definition) is 3. The van der Waals surface area contributed by atoms with Crippen molar-refractivity contribution in [3.63, 3.8) is 0 Å². The van der Waals surface area contributed by atoms with E-state index in [0.29, 0.717) is 11.6 Å². The quantitative estimate of drug-likeness (QED) is 0.881. The average Bonchev–Trinajstić information content (AvgIpc) is 2.83. The normalized spacial score (nSPS) is 26.9. The maximum atomic E-state index is 13.1. The molecule has 1 aromatic rings. The van der Waals surface area contributed by atoms with Gasteiger partial charge >= 0.3 is 0 Å². The number of likely N-dealkylation sites (tertiary alicyclic amines) is 1. The van der Waals surface area contributed by atoms with Crippen molar-refractivity contribution in [2.24, 2.45) is 5.92 Å². The second-order valence-electron chi connectivity index (χ2n) is 5.57. The molecule has 1 N–H and O–H groups in total. The van der Waals surface area contributed by atoms with E-state index >= 15 is 0 Å². The van der Waals surface area contributed by atoms with Crippen LogP contribution in [0.4, 0.5) is 4.39 Å². The Labute approximate surface area is 113 Å². The number of nitrogens with zero attached hydrogens (tertiary/aromatic N) is 2. The van der Waals surface area contributed by atoms with Gasteiger partial charge in [0.15, 0.2) is 0 Å². The van der Waals surface area contributed by atoms with E-state index in [0.717, 1.165) is 37.7 Å². The minimum absolute atomic E-state index is 0.336. The fourth-order valence-electron chi connectivity index (χ4n) is 3.30. The third-order valence-corrected chi connectivity index (χ3v) is 4.26. The summed E-state index contributed by atoms with van der Waals surface area (Å²) in [6.07, 6.45) is 2.55. The monoisotopic (exact) mass is 259 g/mol. The van der Waals surface area contributed by atoms with Crippen LogP contribution in [0.1, 0.15) is 24.0 Å². The highest BCUT2D eigenvalue weighted by atomic mass is 19.1. The van der Waals surface area contributed by atoms with E-state index in [-0.39, 0.29) is 5.82 Å². The molecule has 2 fully saturated rings. The maximum absolute atomic E-state index is 13.1. The number of hydrogen-bond donors (Lipinski definition) is 1. The van der Waals surface area contributed by atoms with Crippen molar-refractivity contribution in [3.8, 4) is 6.07 Å². The van der Waals surface area contributed by atoms with Crippen LogP contribution in [0.3, 0.4) is 0 Å². The fraction of sp³-hybridized carbons (Fsp3) is 0.533. The molecule has 0 aliphatic carbocycles. The molecule has 100 valence electrons. The van der Waals surface area contributed by atoms with E-state index in [2.05, 4.69) is 16.3 Å². The smallest absolute Gasteiger partial charge is 0.124 e. The lowest BCUT2D eigenvalue weighted by molar-refractivity contribution is 0.312. The van der Waals surface area contributed by atoms with Gasteiger partial charge in [-0.15, -0.1) is 0 Å². The molecule has 2 saturated heterocycles. The van der Waals surface area contributed by atoms with Crippen molar-refractivity contribution in [1.29, 1.82) is 5.26 Å². The Morgan fingerprint density at radius 2 is 2.32 bits per heavy atom. The number of nitriles is 1. The zero-order valence-corrected chi connectivity index (χ0v) is 10.9. The van der Waals surface area contributed by atoms with Gasteiger partial charge in [-0.3, -0.25) is 4.90 Å². The Hall–Kier alpha value is -1.44. The Balaban J connectivity index is 1.71. The molecule has 2 unspecified atom stereocenters. The van der Waals surface area contributed by atoms with Gasteiger partial charge in [-0.1, -0.05) is 6.07 Å². The number of halogens is 1. The molecule has 2 atom stereocenters. The first-order valence-corrected chi connectivity index (χ1v) is 6.90. The minimum atomic E-state index is -0.336. The summed E-state index contributed by atoms with van der Waals surface area (Å²) in [6.45, 7) is 3.99. The summed E-state index contributed by atoms with van der Waals surface area (Å²) >= 11 is 0. The van der Waals surface area contributed by atoms with Crippen molar-refractivity contribution in [2.75, 3.05) is 19.6 Å². The molecule has 2 heterocycles. The number of nitrogens with one attached hydrogen (secondary N) is 1. The zero-order chi connectivity index (χ0) is 13.2. The number of benzene rings is 1. The maximum Gasteiger partial charge on any atom is 0.124 e. The third kappa shape index (κ3) is 2.63. The molecule has 19 heavy (non-hydrogen) atoms. The van der Waals surface area contributed by atoms with E-state index in [9.17, 15) is 4.39 Å². The standard InChI is InChI=1S/C15H18FN3/c16-14-4-3-11(13(6-14)7-17)8-19-9-12-2-1-5-18-15(12)10-19/h3-4,6,12,15,18H,1-2,5,8-10H2. The van der Waals surface area contributed by atoms with E-state index in [1.165, 1.54) is 25.0 Å². The lowest BCUT2D eigenvalue weighted by Gasteiger charge is -2.24. The van der Waals surface area contributed by atoms with Crippen LogP contribution in [-0.4, -0.2) is 30.6 Å². The summed E-state index contributed by atoms with van der Waals surface area (Å²) in [5.74, 6) is 0.400. The summed E-state index contributed by atoms with van der Waals surface area (Å²) in [7, 11) is 0. The van der Waals surface area contributed by atoms with Crippen LogP contribution in [0.15, 0.2) is 18.2 Å². The van der Waals surface area contributed by atoms with Gasteiger partial charge < -0.3 is 5.32 Å². The first-order valence-electron chi connectivity index (χ1n) is 6.90. The van der Waals surface area contributed by atoms with Crippen LogP contribution in [0, 0.1) is 23.1 Å². The largest absolute Gasteiger partial charge is 0.312 e. The first-order chi connectivity index (χ1) is 9.26. The molecule has 4 heteroatoms. The highest BCUT2D eigenvalue weighted by Crippen LogP contribution is 2.26. The number of fused-ring (bicyclic) bond motifs is 1. The van der Waals surface area contributed by atoms with Gasteiger partial charge in [-0.05, 0) is 43.0 Å². The van der Waals surface area contributed by atoms with Crippen LogP contribution in [0.2, 0.25) is 0 Å². The van der Waals surface area contributed by atoms with Crippen molar-refractivity contribution in [1.82, 2.24) is 10.2 Å². The van der Waals surface area contributed by atoms with Gasteiger partial charge in [-0.2, -0.15) is 5.26 Å². The predicted molar refractivity (Wildman–Crippen MR) is 70.9 cm³/mol. The SMILES string of the molecule is N#Cc1cc(F)ccc1CN1CC2CCCNC2C1. The molecule has 0 spiro atoms.